The summed E-state index contributed by atoms with van der Waals surface area (Å²) < 4.78 is 26.2. The van der Waals surface area contributed by atoms with Crippen molar-refractivity contribution < 1.29 is 13.5 Å². The molecule has 2 aromatic carbocycles. The minimum absolute atomic E-state index is 0.0216. The van der Waals surface area contributed by atoms with Crippen molar-refractivity contribution in [3.8, 4) is 6.07 Å². The van der Waals surface area contributed by atoms with Gasteiger partial charge in [-0.3, -0.25) is 0 Å². The van der Waals surface area contributed by atoms with E-state index >= 15 is 0 Å². The Bertz CT molecular complexity index is 1290. The van der Waals surface area contributed by atoms with E-state index < -0.39 is 9.84 Å². The number of benzene rings is 2. The number of anilines is 2. The van der Waals surface area contributed by atoms with E-state index in [1.165, 1.54) is 18.2 Å². The van der Waals surface area contributed by atoms with Crippen molar-refractivity contribution in [3.63, 3.8) is 0 Å². The van der Waals surface area contributed by atoms with Gasteiger partial charge in [-0.05, 0) is 31.2 Å². The number of pyridine rings is 1. The van der Waals surface area contributed by atoms with Crippen molar-refractivity contribution in [2.45, 2.75) is 16.7 Å². The first kappa shape index (κ1) is 22.9. The van der Waals surface area contributed by atoms with E-state index in [1.807, 2.05) is 0 Å². The predicted molar refractivity (Wildman–Crippen MR) is 121 cm³/mol. The first-order valence-electron chi connectivity index (χ1n) is 9.72. The number of aliphatic hydroxyl groups is 1. The fourth-order valence-corrected chi connectivity index (χ4v) is 4.44. The number of azo groups is 1. The molecule has 10 heteroatoms. The molecule has 0 aliphatic rings. The second kappa shape index (κ2) is 10.00. The minimum Gasteiger partial charge on any atom is -0.395 e. The summed E-state index contributed by atoms with van der Waals surface area (Å²) in [6.07, 6.45) is 0. The zero-order chi connectivity index (χ0) is 23.1. The number of rotatable bonds is 8. The van der Waals surface area contributed by atoms with Crippen molar-refractivity contribution in [1.82, 2.24) is 4.98 Å². The first-order valence-corrected chi connectivity index (χ1v) is 11.2. The maximum atomic E-state index is 13.1. The van der Waals surface area contributed by atoms with E-state index in [9.17, 15) is 13.7 Å². The van der Waals surface area contributed by atoms with Crippen molar-refractivity contribution >= 4 is 32.8 Å². The third-order valence-corrected chi connectivity index (χ3v) is 6.45. The van der Waals surface area contributed by atoms with Gasteiger partial charge in [-0.1, -0.05) is 30.3 Å². The molecule has 0 unspecified atom stereocenters. The number of aromatic nitrogens is 1. The Labute approximate surface area is 186 Å². The van der Waals surface area contributed by atoms with E-state index in [4.69, 9.17) is 5.11 Å². The van der Waals surface area contributed by atoms with E-state index in [0.29, 0.717) is 22.9 Å². The van der Waals surface area contributed by atoms with E-state index in [-0.39, 0.29) is 34.2 Å². The molecule has 3 aromatic rings. The minimum atomic E-state index is -3.80. The molecule has 0 amide bonds. The normalized spacial score (nSPS) is 11.3. The highest BCUT2D eigenvalue weighted by Crippen LogP contribution is 2.36. The molecule has 0 aliphatic carbocycles. The van der Waals surface area contributed by atoms with Crippen LogP contribution in [0.25, 0.3) is 0 Å². The lowest BCUT2D eigenvalue weighted by Gasteiger charge is -2.13. The van der Waals surface area contributed by atoms with Crippen LogP contribution in [-0.2, 0) is 9.84 Å². The molecule has 1 aromatic heterocycles. The van der Waals surface area contributed by atoms with Crippen molar-refractivity contribution in [1.29, 1.82) is 5.26 Å². The van der Waals surface area contributed by atoms with E-state index in [1.54, 1.807) is 50.4 Å². The summed E-state index contributed by atoms with van der Waals surface area (Å²) in [6.45, 7) is 1.82. The number of hydrogen-bond acceptors (Lipinski definition) is 9. The number of aliphatic hydroxyl groups excluding tert-OH is 1. The lowest BCUT2D eigenvalue weighted by molar-refractivity contribution is 0.311. The van der Waals surface area contributed by atoms with Gasteiger partial charge in [0, 0.05) is 19.2 Å². The SMILES string of the molecule is CNc1nc(NCCO)c(C#N)c(C)c1N=Nc1ccccc1S(=O)(=O)c1ccccc1. The second-order valence-corrected chi connectivity index (χ2v) is 8.57. The molecule has 32 heavy (non-hydrogen) atoms. The largest absolute Gasteiger partial charge is 0.395 e. The molecule has 3 rings (SSSR count). The number of nitrogens with zero attached hydrogens (tertiary/aromatic N) is 4. The van der Waals surface area contributed by atoms with Crippen LogP contribution in [0.4, 0.5) is 23.0 Å². The number of sulfone groups is 1. The van der Waals surface area contributed by atoms with Crippen LogP contribution in [0, 0.1) is 18.3 Å². The molecule has 0 saturated carbocycles. The maximum Gasteiger partial charge on any atom is 0.208 e. The van der Waals surface area contributed by atoms with E-state index in [0.717, 1.165) is 0 Å². The smallest absolute Gasteiger partial charge is 0.208 e. The van der Waals surface area contributed by atoms with Gasteiger partial charge in [-0.2, -0.15) is 5.26 Å². The molecule has 164 valence electrons. The average molecular weight is 451 g/mol. The monoisotopic (exact) mass is 450 g/mol. The fourth-order valence-electron chi connectivity index (χ4n) is 3.03. The third-order valence-electron chi connectivity index (χ3n) is 4.63. The highest BCUT2D eigenvalue weighted by molar-refractivity contribution is 7.91. The zero-order valence-electron chi connectivity index (χ0n) is 17.6. The number of nitriles is 1. The van der Waals surface area contributed by atoms with Crippen molar-refractivity contribution in [2.24, 2.45) is 10.2 Å². The average Bonchev–Trinajstić information content (AvgIpc) is 2.82. The van der Waals surface area contributed by atoms with Crippen molar-refractivity contribution in [3.05, 3.63) is 65.7 Å². The topological polar surface area (TPSA) is 140 Å². The highest BCUT2D eigenvalue weighted by atomic mass is 32.2. The predicted octanol–water partition coefficient (Wildman–Crippen LogP) is 3.96. The number of nitrogens with one attached hydrogen (secondary N) is 2. The van der Waals surface area contributed by atoms with Gasteiger partial charge in [0.1, 0.15) is 23.3 Å². The molecular weight excluding hydrogens is 428 g/mol. The van der Waals surface area contributed by atoms with Crippen LogP contribution >= 0.6 is 0 Å². The van der Waals surface area contributed by atoms with E-state index in [2.05, 4.69) is 31.9 Å². The Kier molecular flexibility index (Phi) is 7.14. The Morgan fingerprint density at radius 3 is 2.41 bits per heavy atom. The molecule has 0 aliphatic heterocycles. The Hall–Kier alpha value is -3.81. The summed E-state index contributed by atoms with van der Waals surface area (Å²) in [6, 6.07) is 16.5. The summed E-state index contributed by atoms with van der Waals surface area (Å²) in [4.78, 5) is 4.54. The number of hydrogen-bond donors (Lipinski definition) is 3. The van der Waals surface area contributed by atoms with Gasteiger partial charge in [0.15, 0.2) is 5.82 Å². The van der Waals surface area contributed by atoms with Crippen LogP contribution in [-0.4, -0.2) is 38.7 Å². The zero-order valence-corrected chi connectivity index (χ0v) is 18.4. The quantitative estimate of drug-likeness (QED) is 0.441. The summed E-state index contributed by atoms with van der Waals surface area (Å²) in [5.74, 6) is 0.670. The molecule has 0 saturated heterocycles. The summed E-state index contributed by atoms with van der Waals surface area (Å²) in [7, 11) is -2.15. The molecule has 1 heterocycles. The van der Waals surface area contributed by atoms with Gasteiger partial charge < -0.3 is 15.7 Å². The van der Waals surface area contributed by atoms with Gasteiger partial charge >= 0.3 is 0 Å². The Balaban J connectivity index is 2.09. The molecule has 0 fully saturated rings. The molecule has 3 N–H and O–H groups in total. The third kappa shape index (κ3) is 4.59. The molecule has 0 bridgehead atoms. The molecule has 0 spiro atoms. The fraction of sp³-hybridized carbons (Fsp3) is 0.182. The van der Waals surface area contributed by atoms with Gasteiger partial charge in [0.05, 0.1) is 22.0 Å². The molecule has 0 radical (unpaired) electrons. The standard InChI is InChI=1S/C22H22N6O3S/c1-15-17(14-23)21(25-12-13-29)26-22(24-2)20(15)28-27-18-10-6-7-11-19(18)32(30,31)16-8-4-3-5-9-16/h3-11,29H,12-13H2,1-2H3,(H2,24,25,26). The molecular formula is C22H22N6O3S. The van der Waals surface area contributed by atoms with Crippen LogP contribution in [0.3, 0.4) is 0 Å². The van der Waals surface area contributed by atoms with Crippen LogP contribution in [0.5, 0.6) is 0 Å². The van der Waals surface area contributed by atoms with Crippen LogP contribution < -0.4 is 10.6 Å². The molecule has 0 atom stereocenters. The maximum absolute atomic E-state index is 13.1. The summed E-state index contributed by atoms with van der Waals surface area (Å²) in [5.41, 5.74) is 1.25. The van der Waals surface area contributed by atoms with Gasteiger partial charge in [-0.15, -0.1) is 10.2 Å². The van der Waals surface area contributed by atoms with Gasteiger partial charge in [-0.25, -0.2) is 13.4 Å². The first-order chi connectivity index (χ1) is 15.4. The second-order valence-electron chi connectivity index (χ2n) is 6.65. The lowest BCUT2D eigenvalue weighted by Crippen LogP contribution is -2.10. The van der Waals surface area contributed by atoms with Gasteiger partial charge in [0.25, 0.3) is 0 Å². The van der Waals surface area contributed by atoms with Crippen LogP contribution in [0.1, 0.15) is 11.1 Å². The Morgan fingerprint density at radius 1 is 1.06 bits per heavy atom. The lowest BCUT2D eigenvalue weighted by atomic mass is 10.1. The highest BCUT2D eigenvalue weighted by Gasteiger charge is 2.21. The van der Waals surface area contributed by atoms with Crippen LogP contribution in [0.15, 0.2) is 74.6 Å². The summed E-state index contributed by atoms with van der Waals surface area (Å²) >= 11 is 0. The van der Waals surface area contributed by atoms with Crippen LogP contribution in [0.2, 0.25) is 0 Å². The van der Waals surface area contributed by atoms with Gasteiger partial charge in [0.2, 0.25) is 9.84 Å². The Morgan fingerprint density at radius 2 is 1.75 bits per heavy atom. The summed E-state index contributed by atoms with van der Waals surface area (Å²) in [5, 5.41) is 32.9. The molecule has 9 nitrogen and oxygen atoms in total. The van der Waals surface area contributed by atoms with Crippen molar-refractivity contribution in [2.75, 3.05) is 30.8 Å².